The predicted molar refractivity (Wildman–Crippen MR) is 81.9 cm³/mol. The van der Waals surface area contributed by atoms with Gasteiger partial charge in [0.05, 0.1) is 0 Å². The van der Waals surface area contributed by atoms with E-state index in [1.165, 1.54) is 25.0 Å². The molecule has 3 heterocycles. The van der Waals surface area contributed by atoms with Crippen LogP contribution in [0.1, 0.15) is 30.9 Å². The first kappa shape index (κ1) is 12.4. The fourth-order valence-electron chi connectivity index (χ4n) is 3.56. The molecule has 0 unspecified atom stereocenters. The lowest BCUT2D eigenvalue weighted by Gasteiger charge is -2.43. The molecule has 106 valence electrons. The number of hydrogen-bond acceptors (Lipinski definition) is 2. The molecule has 3 aliphatic rings. The molecular weight excluding hydrogens is 270 g/mol. The van der Waals surface area contributed by atoms with Crippen molar-refractivity contribution in [3.05, 3.63) is 34.2 Å². The average Bonchev–Trinajstić information content (AvgIpc) is 3.24. The Kier molecular flexibility index (Phi) is 2.84. The summed E-state index contributed by atoms with van der Waals surface area (Å²) in [4.78, 5) is 14.3. The summed E-state index contributed by atoms with van der Waals surface area (Å²) in [5.41, 5.74) is 1.33. The lowest BCUT2D eigenvalue weighted by molar-refractivity contribution is 0.177. The zero-order valence-electron chi connectivity index (χ0n) is 11.4. The quantitative estimate of drug-likeness (QED) is 0.791. The number of thiocarbonyl (C=S) groups is 1. The Labute approximate surface area is 123 Å². The third kappa shape index (κ3) is 2.14. The van der Waals surface area contributed by atoms with Gasteiger partial charge in [-0.25, -0.2) is 0 Å². The second kappa shape index (κ2) is 4.58. The summed E-state index contributed by atoms with van der Waals surface area (Å²) in [6.45, 7) is 2.77. The van der Waals surface area contributed by atoms with Crippen molar-refractivity contribution in [2.75, 3.05) is 13.1 Å². The van der Waals surface area contributed by atoms with Crippen LogP contribution >= 0.6 is 12.2 Å². The van der Waals surface area contributed by atoms with Crippen LogP contribution in [0.2, 0.25) is 0 Å². The van der Waals surface area contributed by atoms with Crippen LogP contribution in [0.5, 0.6) is 0 Å². The number of nitrogens with zero attached hydrogens (tertiary/aromatic N) is 2. The van der Waals surface area contributed by atoms with E-state index in [1.54, 1.807) is 6.07 Å². The van der Waals surface area contributed by atoms with Crippen LogP contribution in [0.4, 0.5) is 0 Å². The van der Waals surface area contributed by atoms with Crippen LogP contribution < -0.4 is 10.9 Å². The van der Waals surface area contributed by atoms with Gasteiger partial charge in [-0.3, -0.25) is 4.79 Å². The Morgan fingerprint density at radius 2 is 2.10 bits per heavy atom. The zero-order valence-corrected chi connectivity index (χ0v) is 12.2. The number of aromatic nitrogens is 1. The third-order valence-electron chi connectivity index (χ3n) is 4.67. The van der Waals surface area contributed by atoms with Gasteiger partial charge in [0, 0.05) is 43.4 Å². The summed E-state index contributed by atoms with van der Waals surface area (Å²) >= 11 is 5.54. The molecule has 20 heavy (non-hydrogen) atoms. The fraction of sp³-hybridized carbons (Fsp3) is 0.600. The maximum Gasteiger partial charge on any atom is 0.250 e. The van der Waals surface area contributed by atoms with Gasteiger partial charge in [-0.1, -0.05) is 6.07 Å². The smallest absolute Gasteiger partial charge is 0.250 e. The van der Waals surface area contributed by atoms with Gasteiger partial charge in [0.15, 0.2) is 5.11 Å². The largest absolute Gasteiger partial charge is 0.360 e. The van der Waals surface area contributed by atoms with E-state index in [4.69, 9.17) is 12.2 Å². The molecule has 2 atom stereocenters. The number of likely N-dealkylation sites (tertiary alicyclic amines) is 1. The molecule has 1 aromatic heterocycles. The highest BCUT2D eigenvalue weighted by Gasteiger charge is 2.36. The molecule has 0 spiro atoms. The highest BCUT2D eigenvalue weighted by atomic mass is 32.1. The summed E-state index contributed by atoms with van der Waals surface area (Å²) < 4.78 is 1.97. The molecule has 0 amide bonds. The molecule has 1 saturated carbocycles. The van der Waals surface area contributed by atoms with E-state index in [0.717, 1.165) is 24.7 Å². The van der Waals surface area contributed by atoms with E-state index < -0.39 is 0 Å². The van der Waals surface area contributed by atoms with Crippen molar-refractivity contribution in [1.82, 2.24) is 14.8 Å². The van der Waals surface area contributed by atoms with Crippen LogP contribution in [0.15, 0.2) is 23.0 Å². The Hall–Kier alpha value is -1.36. The van der Waals surface area contributed by atoms with E-state index >= 15 is 0 Å². The van der Waals surface area contributed by atoms with Gasteiger partial charge in [0.1, 0.15) is 0 Å². The van der Waals surface area contributed by atoms with Crippen molar-refractivity contribution < 1.29 is 0 Å². The van der Waals surface area contributed by atoms with Crippen molar-refractivity contribution in [2.24, 2.45) is 5.92 Å². The summed E-state index contributed by atoms with van der Waals surface area (Å²) in [7, 11) is 0. The van der Waals surface area contributed by atoms with Gasteiger partial charge >= 0.3 is 0 Å². The number of fused-ring (bicyclic) bond motifs is 4. The van der Waals surface area contributed by atoms with E-state index in [-0.39, 0.29) is 5.56 Å². The molecule has 1 N–H and O–H groups in total. The monoisotopic (exact) mass is 289 g/mol. The van der Waals surface area contributed by atoms with Crippen molar-refractivity contribution >= 4 is 17.3 Å². The van der Waals surface area contributed by atoms with Crippen LogP contribution in [-0.4, -0.2) is 33.7 Å². The highest BCUT2D eigenvalue weighted by Crippen LogP contribution is 2.35. The topological polar surface area (TPSA) is 37.3 Å². The van der Waals surface area contributed by atoms with Gasteiger partial charge in [0.25, 0.3) is 5.56 Å². The zero-order chi connectivity index (χ0) is 13.7. The molecule has 2 fully saturated rings. The van der Waals surface area contributed by atoms with Crippen molar-refractivity contribution in [1.29, 1.82) is 0 Å². The van der Waals surface area contributed by atoms with Gasteiger partial charge < -0.3 is 14.8 Å². The number of pyridine rings is 1. The highest BCUT2D eigenvalue weighted by molar-refractivity contribution is 7.80. The molecule has 4 nitrogen and oxygen atoms in total. The van der Waals surface area contributed by atoms with Crippen LogP contribution in [-0.2, 0) is 6.54 Å². The second-order valence-corrected chi connectivity index (χ2v) is 6.71. The molecular formula is C15H19N3OS. The molecule has 5 heteroatoms. The molecule has 0 radical (unpaired) electrons. The molecule has 2 bridgehead atoms. The Bertz CT molecular complexity index is 607. The van der Waals surface area contributed by atoms with Crippen molar-refractivity contribution in [3.8, 4) is 0 Å². The second-order valence-electron chi connectivity index (χ2n) is 6.33. The van der Waals surface area contributed by atoms with Gasteiger partial charge in [-0.2, -0.15) is 0 Å². The minimum Gasteiger partial charge on any atom is -0.360 e. The first-order chi connectivity index (χ1) is 9.70. The lowest BCUT2D eigenvalue weighted by atomic mass is 9.83. The SMILES string of the molecule is O=c1cccc2n1C[C@H]1C[C@H]2CN(C(=S)NC2CC2)C1. The van der Waals surface area contributed by atoms with E-state index in [9.17, 15) is 4.79 Å². The van der Waals surface area contributed by atoms with Crippen LogP contribution in [0, 0.1) is 5.92 Å². The predicted octanol–water partition coefficient (Wildman–Crippen LogP) is 1.30. The lowest BCUT2D eigenvalue weighted by Crippen LogP contribution is -2.52. The minimum atomic E-state index is 0.143. The van der Waals surface area contributed by atoms with Gasteiger partial charge in [-0.15, -0.1) is 0 Å². The summed E-state index contributed by atoms with van der Waals surface area (Å²) in [5, 5.41) is 4.35. The summed E-state index contributed by atoms with van der Waals surface area (Å²) in [5.74, 6) is 0.982. The average molecular weight is 289 g/mol. The fourth-order valence-corrected chi connectivity index (χ4v) is 3.87. The number of piperidine rings is 1. The number of rotatable bonds is 1. The van der Waals surface area contributed by atoms with E-state index in [1.807, 2.05) is 10.6 Å². The molecule has 4 rings (SSSR count). The van der Waals surface area contributed by atoms with Crippen LogP contribution in [0.3, 0.4) is 0 Å². The molecule has 2 aliphatic heterocycles. The van der Waals surface area contributed by atoms with E-state index in [0.29, 0.717) is 17.9 Å². The first-order valence-electron chi connectivity index (χ1n) is 7.46. The van der Waals surface area contributed by atoms with Crippen molar-refractivity contribution in [3.63, 3.8) is 0 Å². The maximum atomic E-state index is 12.0. The first-order valence-corrected chi connectivity index (χ1v) is 7.87. The van der Waals surface area contributed by atoms with E-state index in [2.05, 4.69) is 16.3 Å². The summed E-state index contributed by atoms with van der Waals surface area (Å²) in [6.07, 6.45) is 3.68. The van der Waals surface area contributed by atoms with Gasteiger partial charge in [-0.05, 0) is 43.5 Å². The van der Waals surface area contributed by atoms with Crippen LogP contribution in [0.25, 0.3) is 0 Å². The summed E-state index contributed by atoms with van der Waals surface area (Å²) in [6, 6.07) is 6.26. The normalized spacial score (nSPS) is 27.9. The Morgan fingerprint density at radius 3 is 2.90 bits per heavy atom. The Balaban J connectivity index is 1.58. The van der Waals surface area contributed by atoms with Crippen molar-refractivity contribution in [2.45, 2.75) is 37.8 Å². The molecule has 1 aliphatic carbocycles. The number of nitrogens with one attached hydrogen (secondary N) is 1. The molecule has 0 aromatic carbocycles. The third-order valence-corrected chi connectivity index (χ3v) is 5.05. The van der Waals surface area contributed by atoms with Gasteiger partial charge in [0.2, 0.25) is 0 Å². The standard InChI is InChI=1S/C15H19N3OS/c19-14-3-1-2-13-11-6-10(8-18(13)14)7-17(9-11)15(20)16-12-4-5-12/h1-3,10-12H,4-9H2,(H,16,20)/t10-,11-/m0/s1. The molecule has 1 saturated heterocycles. The maximum absolute atomic E-state index is 12.0. The Morgan fingerprint density at radius 1 is 1.25 bits per heavy atom. The molecule has 1 aromatic rings. The minimum absolute atomic E-state index is 0.143. The number of hydrogen-bond donors (Lipinski definition) is 1.